The minimum Gasteiger partial charge on any atom is -0.381 e. The van der Waals surface area contributed by atoms with E-state index in [1.807, 2.05) is 12.1 Å². The lowest BCUT2D eigenvalue weighted by Gasteiger charge is -2.39. The standard InChI is InChI=1S/C32H40BrN3O3/c33-28-8-6-24(7-9-28)20-35-17-14-32(31(35)38)12-15-34(16-13-32)21-27-22-36(30(37)26-10-18-39-19-11-26)23-29(27)25-4-2-1-3-5-25/h1-9,26-27,29H,10-23H2. The topological polar surface area (TPSA) is 53.1 Å². The van der Waals surface area contributed by atoms with Crippen molar-refractivity contribution in [2.75, 3.05) is 52.5 Å². The smallest absolute Gasteiger partial charge is 0.229 e. The summed E-state index contributed by atoms with van der Waals surface area (Å²) in [7, 11) is 0. The van der Waals surface area contributed by atoms with Crippen LogP contribution in [-0.2, 0) is 20.9 Å². The maximum Gasteiger partial charge on any atom is 0.229 e. The van der Waals surface area contributed by atoms with Crippen LogP contribution in [0.3, 0.4) is 0 Å². The molecule has 0 aromatic heterocycles. The summed E-state index contributed by atoms with van der Waals surface area (Å²) in [4.78, 5) is 33.7. The van der Waals surface area contributed by atoms with Crippen molar-refractivity contribution < 1.29 is 14.3 Å². The Morgan fingerprint density at radius 2 is 1.62 bits per heavy atom. The van der Waals surface area contributed by atoms with Crippen LogP contribution in [0.15, 0.2) is 59.1 Å². The average molecular weight is 595 g/mol. The van der Waals surface area contributed by atoms with E-state index in [4.69, 9.17) is 4.74 Å². The number of amides is 2. The number of halogens is 1. The second-order valence-corrected chi connectivity index (χ2v) is 13.0. The first kappa shape index (κ1) is 27.0. The van der Waals surface area contributed by atoms with Gasteiger partial charge in [-0.1, -0.05) is 58.4 Å². The van der Waals surface area contributed by atoms with Crippen molar-refractivity contribution in [2.24, 2.45) is 17.3 Å². The molecule has 1 spiro atoms. The van der Waals surface area contributed by atoms with Crippen LogP contribution in [0, 0.1) is 17.3 Å². The zero-order chi connectivity index (χ0) is 26.8. The van der Waals surface area contributed by atoms with Crippen LogP contribution in [0.25, 0.3) is 0 Å². The van der Waals surface area contributed by atoms with Crippen molar-refractivity contribution in [2.45, 2.75) is 44.6 Å². The number of carbonyl (C=O) groups is 2. The Labute approximate surface area is 240 Å². The molecule has 2 amide bonds. The number of piperidine rings is 1. The van der Waals surface area contributed by atoms with E-state index in [2.05, 4.69) is 73.1 Å². The van der Waals surface area contributed by atoms with Gasteiger partial charge in [0.1, 0.15) is 0 Å². The maximum absolute atomic E-state index is 13.6. The third kappa shape index (κ3) is 5.82. The van der Waals surface area contributed by atoms with E-state index in [1.165, 1.54) is 11.1 Å². The Balaban J connectivity index is 1.08. The van der Waals surface area contributed by atoms with E-state index in [-0.39, 0.29) is 11.3 Å². The lowest BCUT2D eigenvalue weighted by molar-refractivity contribution is -0.139. The molecule has 0 N–H and O–H groups in total. The Kier molecular flexibility index (Phi) is 8.10. The number of likely N-dealkylation sites (tertiary alicyclic amines) is 3. The summed E-state index contributed by atoms with van der Waals surface area (Å²) >= 11 is 3.50. The number of ether oxygens (including phenoxy) is 1. The highest BCUT2D eigenvalue weighted by atomic mass is 79.9. The number of carbonyl (C=O) groups excluding carboxylic acids is 2. The summed E-state index contributed by atoms with van der Waals surface area (Å²) in [6.07, 6.45) is 4.54. The Bertz CT molecular complexity index is 1140. The zero-order valence-corrected chi connectivity index (χ0v) is 24.4. The molecule has 0 saturated carbocycles. The molecule has 4 aliphatic rings. The van der Waals surface area contributed by atoms with Crippen LogP contribution < -0.4 is 0 Å². The minimum atomic E-state index is -0.189. The van der Waals surface area contributed by atoms with Gasteiger partial charge in [-0.15, -0.1) is 0 Å². The van der Waals surface area contributed by atoms with E-state index < -0.39 is 0 Å². The van der Waals surface area contributed by atoms with Crippen molar-refractivity contribution >= 4 is 27.7 Å². The fourth-order valence-corrected chi connectivity index (χ4v) is 7.59. The molecule has 0 radical (unpaired) electrons. The molecule has 4 fully saturated rings. The quantitative estimate of drug-likeness (QED) is 0.476. The first-order valence-corrected chi connectivity index (χ1v) is 15.5. The molecule has 0 aliphatic carbocycles. The van der Waals surface area contributed by atoms with Crippen molar-refractivity contribution in [1.82, 2.24) is 14.7 Å². The van der Waals surface area contributed by atoms with E-state index >= 15 is 0 Å². The van der Waals surface area contributed by atoms with Crippen LogP contribution in [0.2, 0.25) is 0 Å². The van der Waals surface area contributed by atoms with Crippen LogP contribution in [0.4, 0.5) is 0 Å². The molecule has 4 heterocycles. The van der Waals surface area contributed by atoms with Crippen LogP contribution in [-0.4, -0.2) is 79.0 Å². The molecule has 2 atom stereocenters. The molecule has 2 aromatic carbocycles. The Morgan fingerprint density at radius 3 is 2.33 bits per heavy atom. The van der Waals surface area contributed by atoms with E-state index in [0.29, 0.717) is 43.4 Å². The van der Waals surface area contributed by atoms with Crippen LogP contribution in [0.1, 0.15) is 49.1 Å². The minimum absolute atomic E-state index is 0.109. The van der Waals surface area contributed by atoms with Gasteiger partial charge in [0, 0.05) is 62.2 Å². The van der Waals surface area contributed by atoms with Crippen LogP contribution in [0.5, 0.6) is 0 Å². The Hall–Kier alpha value is -2.22. The molecule has 4 saturated heterocycles. The maximum atomic E-state index is 13.6. The number of benzene rings is 2. The first-order chi connectivity index (χ1) is 19.0. The van der Waals surface area contributed by atoms with Gasteiger partial charge in [-0.2, -0.15) is 0 Å². The average Bonchev–Trinajstić information content (AvgIpc) is 3.53. The molecule has 2 aromatic rings. The fourth-order valence-electron chi connectivity index (χ4n) is 7.33. The molecule has 39 heavy (non-hydrogen) atoms. The largest absolute Gasteiger partial charge is 0.381 e. The predicted molar refractivity (Wildman–Crippen MR) is 155 cm³/mol. The second kappa shape index (κ2) is 11.7. The van der Waals surface area contributed by atoms with Gasteiger partial charge in [0.25, 0.3) is 0 Å². The highest BCUT2D eigenvalue weighted by Crippen LogP contribution is 2.43. The normalized spacial score (nSPS) is 26.0. The first-order valence-electron chi connectivity index (χ1n) is 14.7. The molecule has 7 heteroatoms. The van der Waals surface area contributed by atoms with Crippen molar-refractivity contribution in [3.05, 3.63) is 70.2 Å². The highest BCUT2D eigenvalue weighted by molar-refractivity contribution is 9.10. The molecule has 4 aliphatic heterocycles. The molecular weight excluding hydrogens is 554 g/mol. The van der Waals surface area contributed by atoms with E-state index in [1.54, 1.807) is 0 Å². The number of nitrogens with zero attached hydrogens (tertiary/aromatic N) is 3. The molecule has 2 unspecified atom stereocenters. The fraction of sp³-hybridized carbons (Fsp3) is 0.562. The molecule has 6 nitrogen and oxygen atoms in total. The summed E-state index contributed by atoms with van der Waals surface area (Å²) in [5.74, 6) is 1.55. The van der Waals surface area contributed by atoms with Crippen molar-refractivity contribution in [3.63, 3.8) is 0 Å². The number of hydrogen-bond donors (Lipinski definition) is 0. The molecular formula is C32H40BrN3O3. The summed E-state index contributed by atoms with van der Waals surface area (Å²) in [5.41, 5.74) is 2.34. The SMILES string of the molecule is O=C(C1CCOCC1)N1CC(CN2CCC3(CC2)CCN(Cc2ccc(Br)cc2)C3=O)C(c2ccccc2)C1. The van der Waals surface area contributed by atoms with Gasteiger partial charge in [0.15, 0.2) is 0 Å². The number of hydrogen-bond acceptors (Lipinski definition) is 4. The third-order valence-corrected chi connectivity index (χ3v) is 10.3. The summed E-state index contributed by atoms with van der Waals surface area (Å²) in [6.45, 7) is 7.52. The van der Waals surface area contributed by atoms with Crippen molar-refractivity contribution in [3.8, 4) is 0 Å². The van der Waals surface area contributed by atoms with Gasteiger partial charge in [-0.05, 0) is 74.4 Å². The third-order valence-electron chi connectivity index (χ3n) is 9.74. The Morgan fingerprint density at radius 1 is 0.923 bits per heavy atom. The van der Waals surface area contributed by atoms with Gasteiger partial charge in [-0.3, -0.25) is 9.59 Å². The summed E-state index contributed by atoms with van der Waals surface area (Å²) in [5, 5.41) is 0. The molecule has 208 valence electrons. The molecule has 6 rings (SSSR count). The van der Waals surface area contributed by atoms with Gasteiger partial charge < -0.3 is 19.4 Å². The monoisotopic (exact) mass is 593 g/mol. The summed E-state index contributed by atoms with van der Waals surface area (Å²) < 4.78 is 6.57. The second-order valence-electron chi connectivity index (χ2n) is 12.1. The highest BCUT2D eigenvalue weighted by Gasteiger charge is 2.48. The van der Waals surface area contributed by atoms with E-state index in [9.17, 15) is 9.59 Å². The lowest BCUT2D eigenvalue weighted by Crippen LogP contribution is -2.46. The van der Waals surface area contributed by atoms with Gasteiger partial charge >= 0.3 is 0 Å². The van der Waals surface area contributed by atoms with Gasteiger partial charge in [0.05, 0.1) is 5.41 Å². The van der Waals surface area contributed by atoms with Crippen molar-refractivity contribution in [1.29, 1.82) is 0 Å². The van der Waals surface area contributed by atoms with Crippen LogP contribution >= 0.6 is 15.9 Å². The predicted octanol–water partition coefficient (Wildman–Crippen LogP) is 4.93. The number of rotatable bonds is 6. The lowest BCUT2D eigenvalue weighted by atomic mass is 9.76. The van der Waals surface area contributed by atoms with E-state index in [0.717, 1.165) is 75.8 Å². The van der Waals surface area contributed by atoms with Gasteiger partial charge in [0.2, 0.25) is 11.8 Å². The van der Waals surface area contributed by atoms with Gasteiger partial charge in [-0.25, -0.2) is 0 Å². The zero-order valence-electron chi connectivity index (χ0n) is 22.8. The summed E-state index contributed by atoms with van der Waals surface area (Å²) in [6, 6.07) is 19.1. The molecule has 0 bridgehead atoms.